The molecule has 18 heavy (non-hydrogen) atoms. The third-order valence-corrected chi connectivity index (χ3v) is 2.73. The van der Waals surface area contributed by atoms with Gasteiger partial charge in [-0.15, -0.1) is 0 Å². The van der Waals surface area contributed by atoms with E-state index in [1.807, 2.05) is 0 Å². The average molecular weight is 270 g/mol. The number of hydrogen-bond donors (Lipinski definition) is 2. The van der Waals surface area contributed by atoms with Crippen LogP contribution >= 0.6 is 11.6 Å². The van der Waals surface area contributed by atoms with Crippen molar-refractivity contribution in [3.8, 4) is 5.75 Å². The highest BCUT2D eigenvalue weighted by atomic mass is 35.5. The van der Waals surface area contributed by atoms with Crippen molar-refractivity contribution in [3.63, 3.8) is 0 Å². The molecule has 1 rings (SSSR count). The van der Waals surface area contributed by atoms with Gasteiger partial charge in [-0.1, -0.05) is 30.3 Å². The minimum Gasteiger partial charge on any atom is -0.488 e. The number of carbonyl (C=O) groups is 1. The maximum atomic E-state index is 10.9. The predicted octanol–water partition coefficient (Wildman–Crippen LogP) is 2.12. The molecule has 1 aromatic carbocycles. The SMILES string of the molecule is C=CCOc1ccc(C[C@H](NC)C(=O)O)cc1Cl. The normalized spacial score (nSPS) is 11.9. The maximum Gasteiger partial charge on any atom is 0.321 e. The molecule has 2 N–H and O–H groups in total. The summed E-state index contributed by atoms with van der Waals surface area (Å²) in [6, 6.07) is 4.63. The van der Waals surface area contributed by atoms with E-state index in [1.165, 1.54) is 0 Å². The van der Waals surface area contributed by atoms with E-state index in [4.69, 9.17) is 21.4 Å². The van der Waals surface area contributed by atoms with Crippen molar-refractivity contribution < 1.29 is 14.6 Å². The van der Waals surface area contributed by atoms with Crippen LogP contribution in [0.2, 0.25) is 5.02 Å². The van der Waals surface area contributed by atoms with Gasteiger partial charge in [-0.3, -0.25) is 4.79 Å². The Balaban J connectivity index is 2.77. The van der Waals surface area contributed by atoms with Gasteiger partial charge in [0.2, 0.25) is 0 Å². The van der Waals surface area contributed by atoms with Gasteiger partial charge in [0.25, 0.3) is 0 Å². The lowest BCUT2D eigenvalue weighted by Crippen LogP contribution is -2.35. The molecule has 0 saturated heterocycles. The number of benzene rings is 1. The van der Waals surface area contributed by atoms with Crippen LogP contribution in [-0.4, -0.2) is 30.8 Å². The molecule has 0 amide bonds. The highest BCUT2D eigenvalue weighted by Gasteiger charge is 2.15. The minimum absolute atomic E-state index is 0.368. The van der Waals surface area contributed by atoms with E-state index >= 15 is 0 Å². The molecule has 0 aliphatic rings. The summed E-state index contributed by atoms with van der Waals surface area (Å²) in [5, 5.41) is 12.1. The molecule has 0 aliphatic carbocycles. The van der Waals surface area contributed by atoms with E-state index in [1.54, 1.807) is 31.3 Å². The van der Waals surface area contributed by atoms with Gasteiger partial charge < -0.3 is 15.2 Å². The lowest BCUT2D eigenvalue weighted by molar-refractivity contribution is -0.139. The van der Waals surface area contributed by atoms with Crippen LogP contribution < -0.4 is 10.1 Å². The van der Waals surface area contributed by atoms with Crippen LogP contribution in [0.4, 0.5) is 0 Å². The summed E-state index contributed by atoms with van der Waals surface area (Å²) in [5.41, 5.74) is 0.840. The highest BCUT2D eigenvalue weighted by Crippen LogP contribution is 2.26. The molecule has 0 bridgehead atoms. The molecule has 0 aliphatic heterocycles. The van der Waals surface area contributed by atoms with Crippen molar-refractivity contribution >= 4 is 17.6 Å². The highest BCUT2D eigenvalue weighted by molar-refractivity contribution is 6.32. The van der Waals surface area contributed by atoms with Crippen LogP contribution in [0.15, 0.2) is 30.9 Å². The fraction of sp³-hybridized carbons (Fsp3) is 0.308. The van der Waals surface area contributed by atoms with E-state index in [2.05, 4.69) is 11.9 Å². The van der Waals surface area contributed by atoms with E-state index in [-0.39, 0.29) is 0 Å². The van der Waals surface area contributed by atoms with Crippen LogP contribution in [-0.2, 0) is 11.2 Å². The Morgan fingerprint density at radius 3 is 2.89 bits per heavy atom. The molecule has 0 aromatic heterocycles. The van der Waals surface area contributed by atoms with Crippen molar-refractivity contribution in [1.82, 2.24) is 5.32 Å². The quantitative estimate of drug-likeness (QED) is 0.745. The van der Waals surface area contributed by atoms with E-state index in [0.29, 0.717) is 23.8 Å². The van der Waals surface area contributed by atoms with Gasteiger partial charge in [-0.2, -0.15) is 0 Å². The van der Waals surface area contributed by atoms with Crippen molar-refractivity contribution in [2.75, 3.05) is 13.7 Å². The van der Waals surface area contributed by atoms with Gasteiger partial charge >= 0.3 is 5.97 Å². The topological polar surface area (TPSA) is 58.6 Å². The fourth-order valence-corrected chi connectivity index (χ4v) is 1.74. The maximum absolute atomic E-state index is 10.9. The third-order valence-electron chi connectivity index (χ3n) is 2.44. The first kappa shape index (κ1) is 14.5. The summed E-state index contributed by atoms with van der Waals surface area (Å²) in [7, 11) is 1.61. The van der Waals surface area contributed by atoms with Gasteiger partial charge in [0.15, 0.2) is 0 Å². The lowest BCUT2D eigenvalue weighted by Gasteiger charge is -2.12. The van der Waals surface area contributed by atoms with Crippen molar-refractivity contribution in [2.45, 2.75) is 12.5 Å². The Kier molecular flexibility index (Phi) is 5.68. The first-order chi connectivity index (χ1) is 8.58. The number of aliphatic carboxylic acids is 1. The molecule has 0 heterocycles. The number of ether oxygens (including phenoxy) is 1. The Hall–Kier alpha value is -1.52. The van der Waals surface area contributed by atoms with E-state index < -0.39 is 12.0 Å². The molecule has 0 spiro atoms. The van der Waals surface area contributed by atoms with Crippen LogP contribution in [0.5, 0.6) is 5.75 Å². The molecule has 0 unspecified atom stereocenters. The average Bonchev–Trinajstić information content (AvgIpc) is 2.34. The van der Waals surface area contributed by atoms with Crippen molar-refractivity contribution in [2.24, 2.45) is 0 Å². The number of nitrogens with one attached hydrogen (secondary N) is 1. The van der Waals surface area contributed by atoms with E-state index in [9.17, 15) is 4.79 Å². The number of rotatable bonds is 7. The first-order valence-electron chi connectivity index (χ1n) is 5.50. The van der Waals surface area contributed by atoms with Gasteiger partial charge in [0.05, 0.1) is 5.02 Å². The molecule has 0 saturated carbocycles. The smallest absolute Gasteiger partial charge is 0.321 e. The Labute approximate surface area is 111 Å². The molecular formula is C13H16ClNO3. The molecule has 98 valence electrons. The van der Waals surface area contributed by atoms with E-state index in [0.717, 1.165) is 5.56 Å². The van der Waals surface area contributed by atoms with Crippen LogP contribution in [0.1, 0.15) is 5.56 Å². The summed E-state index contributed by atoms with van der Waals surface area (Å²) in [4.78, 5) is 10.9. The first-order valence-corrected chi connectivity index (χ1v) is 5.88. The number of hydrogen-bond acceptors (Lipinski definition) is 3. The van der Waals surface area contributed by atoms with Crippen LogP contribution in [0, 0.1) is 0 Å². The fourth-order valence-electron chi connectivity index (χ4n) is 1.49. The Bertz CT molecular complexity index is 434. The zero-order valence-corrected chi connectivity index (χ0v) is 10.9. The van der Waals surface area contributed by atoms with Gasteiger partial charge in [-0.25, -0.2) is 0 Å². The van der Waals surface area contributed by atoms with Gasteiger partial charge in [-0.05, 0) is 31.2 Å². The predicted molar refractivity (Wildman–Crippen MR) is 71.3 cm³/mol. The van der Waals surface area contributed by atoms with Crippen molar-refractivity contribution in [3.05, 3.63) is 41.4 Å². The molecule has 5 heteroatoms. The second-order valence-corrected chi connectivity index (χ2v) is 4.16. The zero-order valence-electron chi connectivity index (χ0n) is 10.1. The number of carboxylic acids is 1. The second kappa shape index (κ2) is 7.03. The Morgan fingerprint density at radius 1 is 1.67 bits per heavy atom. The van der Waals surface area contributed by atoms with Gasteiger partial charge in [0.1, 0.15) is 18.4 Å². The summed E-state index contributed by atoms with van der Waals surface area (Å²) >= 11 is 6.04. The molecular weight excluding hydrogens is 254 g/mol. The zero-order chi connectivity index (χ0) is 13.5. The number of likely N-dealkylation sites (N-methyl/N-ethyl adjacent to an activating group) is 1. The summed E-state index contributed by atoms with van der Waals surface area (Å²) in [6.07, 6.45) is 2.00. The number of carboxylic acid groups (broad SMARTS) is 1. The Morgan fingerprint density at radius 2 is 2.39 bits per heavy atom. The van der Waals surface area contributed by atoms with Gasteiger partial charge in [0, 0.05) is 0 Å². The van der Waals surface area contributed by atoms with Crippen molar-refractivity contribution in [1.29, 1.82) is 0 Å². The van der Waals surface area contributed by atoms with Crippen LogP contribution in [0.3, 0.4) is 0 Å². The van der Waals surface area contributed by atoms with Crippen LogP contribution in [0.25, 0.3) is 0 Å². The lowest BCUT2D eigenvalue weighted by atomic mass is 10.1. The molecule has 0 radical (unpaired) electrons. The molecule has 1 atom stereocenters. The monoisotopic (exact) mass is 269 g/mol. The second-order valence-electron chi connectivity index (χ2n) is 3.75. The molecule has 1 aromatic rings. The number of halogens is 1. The summed E-state index contributed by atoms with van der Waals surface area (Å²) < 4.78 is 5.34. The largest absolute Gasteiger partial charge is 0.488 e. The third kappa shape index (κ3) is 4.05. The summed E-state index contributed by atoms with van der Waals surface area (Å²) in [6.45, 7) is 3.93. The molecule has 4 nitrogen and oxygen atoms in total. The molecule has 0 fully saturated rings. The standard InChI is InChI=1S/C13H16ClNO3/c1-3-6-18-12-5-4-9(7-10(12)14)8-11(15-2)13(16)17/h3-5,7,11,15H,1,6,8H2,2H3,(H,16,17)/t11-/m0/s1. The minimum atomic E-state index is -0.888. The summed E-state index contributed by atoms with van der Waals surface area (Å²) in [5.74, 6) is -0.322.